The number of nitrogens with zero attached hydrogens (tertiary/aromatic N) is 2. The zero-order chi connectivity index (χ0) is 10.1. The molecule has 0 saturated carbocycles. The van der Waals surface area contributed by atoms with Crippen molar-refractivity contribution >= 4 is 39.7 Å². The van der Waals surface area contributed by atoms with Crippen LogP contribution >= 0.6 is 33.9 Å². The summed E-state index contributed by atoms with van der Waals surface area (Å²) in [6, 6.07) is 1.88. The van der Waals surface area contributed by atoms with Gasteiger partial charge in [-0.05, 0) is 28.7 Å². The first-order valence-electron chi connectivity index (χ1n) is 3.94. The molecule has 2 heterocycles. The Morgan fingerprint density at radius 3 is 2.93 bits per heavy atom. The summed E-state index contributed by atoms with van der Waals surface area (Å²) >= 11 is 3.76. The Balaban J connectivity index is 2.38. The number of hydrogen-bond donors (Lipinski definition) is 0. The van der Waals surface area contributed by atoms with Gasteiger partial charge in [-0.2, -0.15) is 0 Å². The molecule has 0 amide bonds. The van der Waals surface area contributed by atoms with Crippen LogP contribution in [0.5, 0.6) is 0 Å². The normalized spacial score (nSPS) is 10.4. The van der Waals surface area contributed by atoms with Gasteiger partial charge in [-0.3, -0.25) is 4.79 Å². The van der Waals surface area contributed by atoms with E-state index >= 15 is 0 Å². The summed E-state index contributed by atoms with van der Waals surface area (Å²) in [7, 11) is 1.82. The maximum atomic E-state index is 11.9. The highest BCUT2D eigenvalue weighted by molar-refractivity contribution is 14.1. The lowest BCUT2D eigenvalue weighted by molar-refractivity contribution is 0.102. The van der Waals surface area contributed by atoms with E-state index in [0.29, 0.717) is 11.4 Å². The van der Waals surface area contributed by atoms with E-state index in [2.05, 4.69) is 27.6 Å². The fraction of sp³-hybridized carbons (Fsp3) is 0.111. The molecule has 14 heavy (non-hydrogen) atoms. The molecule has 5 heteroatoms. The van der Waals surface area contributed by atoms with Crippen LogP contribution in [0.15, 0.2) is 23.8 Å². The molecule has 2 aromatic heterocycles. The number of halogens is 1. The molecule has 0 saturated heterocycles. The second kappa shape index (κ2) is 3.82. The van der Waals surface area contributed by atoms with Crippen molar-refractivity contribution in [2.45, 2.75) is 0 Å². The summed E-state index contributed by atoms with van der Waals surface area (Å²) in [5.41, 5.74) is 0.716. The Bertz CT molecular complexity index is 475. The van der Waals surface area contributed by atoms with E-state index in [9.17, 15) is 4.79 Å². The van der Waals surface area contributed by atoms with E-state index in [0.717, 1.165) is 2.88 Å². The number of carbonyl (C=O) groups excluding carboxylic acids is 1. The average Bonchev–Trinajstić information content (AvgIpc) is 2.73. The maximum absolute atomic E-state index is 11.9. The van der Waals surface area contributed by atoms with E-state index < -0.39 is 0 Å². The Morgan fingerprint density at radius 1 is 1.64 bits per heavy atom. The van der Waals surface area contributed by atoms with Crippen LogP contribution in [0.2, 0.25) is 0 Å². The molecule has 0 spiro atoms. The van der Waals surface area contributed by atoms with E-state index in [-0.39, 0.29) is 5.78 Å². The van der Waals surface area contributed by atoms with Crippen LogP contribution in [0.1, 0.15) is 16.2 Å². The van der Waals surface area contributed by atoms with Crippen molar-refractivity contribution in [3.8, 4) is 0 Å². The third-order valence-corrected chi connectivity index (χ3v) is 3.64. The molecule has 0 unspecified atom stereocenters. The summed E-state index contributed by atoms with van der Waals surface area (Å²) in [6.45, 7) is 0. The molecule has 0 bridgehead atoms. The minimum absolute atomic E-state index is 0.0170. The number of hydrogen-bond acceptors (Lipinski definition) is 3. The topological polar surface area (TPSA) is 34.9 Å². The second-order valence-corrected chi connectivity index (χ2v) is 5.64. The van der Waals surface area contributed by atoms with Crippen LogP contribution in [0.25, 0.3) is 0 Å². The first kappa shape index (κ1) is 9.85. The van der Waals surface area contributed by atoms with Crippen molar-refractivity contribution in [1.29, 1.82) is 0 Å². The fourth-order valence-corrected chi connectivity index (χ4v) is 2.47. The Kier molecular flexibility index (Phi) is 2.69. The number of carbonyl (C=O) groups is 1. The summed E-state index contributed by atoms with van der Waals surface area (Å²) in [5.74, 6) is 0.468. The summed E-state index contributed by atoms with van der Waals surface area (Å²) in [4.78, 5) is 15.9. The molecule has 2 aromatic rings. The van der Waals surface area contributed by atoms with Gasteiger partial charge in [0.05, 0.1) is 2.88 Å². The third-order valence-electron chi connectivity index (χ3n) is 1.85. The summed E-state index contributed by atoms with van der Waals surface area (Å²) in [5, 5.41) is 1.86. The number of thiophene rings is 1. The van der Waals surface area contributed by atoms with Crippen LogP contribution in [0, 0.1) is 2.88 Å². The first-order chi connectivity index (χ1) is 6.68. The van der Waals surface area contributed by atoms with Crippen LogP contribution in [-0.2, 0) is 7.05 Å². The lowest BCUT2D eigenvalue weighted by Gasteiger charge is -1.97. The molecule has 3 nitrogen and oxygen atoms in total. The van der Waals surface area contributed by atoms with E-state index in [4.69, 9.17) is 0 Å². The lowest BCUT2D eigenvalue weighted by Crippen LogP contribution is -2.07. The molecule has 0 aliphatic carbocycles. The van der Waals surface area contributed by atoms with Gasteiger partial charge in [-0.25, -0.2) is 4.98 Å². The molecular formula is C9H7IN2OS. The number of imidazole rings is 1. The monoisotopic (exact) mass is 318 g/mol. The number of rotatable bonds is 2. The number of aryl methyl sites for hydroxylation is 1. The molecule has 72 valence electrons. The van der Waals surface area contributed by atoms with Gasteiger partial charge in [0.15, 0.2) is 5.82 Å². The van der Waals surface area contributed by atoms with Crippen LogP contribution in [0.3, 0.4) is 0 Å². The van der Waals surface area contributed by atoms with Crippen LogP contribution in [0.4, 0.5) is 0 Å². The molecule has 2 rings (SSSR count). The SMILES string of the molecule is Cn1ccnc1C(=O)c1csc(I)c1. The third kappa shape index (κ3) is 1.74. The lowest BCUT2D eigenvalue weighted by atomic mass is 10.2. The fourth-order valence-electron chi connectivity index (χ4n) is 1.14. The highest BCUT2D eigenvalue weighted by Crippen LogP contribution is 2.18. The molecule has 0 aliphatic rings. The van der Waals surface area contributed by atoms with Crippen molar-refractivity contribution in [2.24, 2.45) is 7.05 Å². The van der Waals surface area contributed by atoms with Crippen LogP contribution in [-0.4, -0.2) is 15.3 Å². The number of ketones is 1. The van der Waals surface area contributed by atoms with Crippen molar-refractivity contribution in [3.63, 3.8) is 0 Å². The molecule has 0 fully saturated rings. The van der Waals surface area contributed by atoms with E-state index in [1.54, 1.807) is 28.3 Å². The summed E-state index contributed by atoms with van der Waals surface area (Å²) < 4.78 is 2.84. The molecular weight excluding hydrogens is 311 g/mol. The van der Waals surface area contributed by atoms with Gasteiger partial charge in [-0.1, -0.05) is 0 Å². The molecule has 0 aliphatic heterocycles. The Hall–Kier alpha value is -0.690. The van der Waals surface area contributed by atoms with Crippen molar-refractivity contribution in [1.82, 2.24) is 9.55 Å². The van der Waals surface area contributed by atoms with Crippen molar-refractivity contribution in [3.05, 3.63) is 38.1 Å². The highest BCUT2D eigenvalue weighted by Gasteiger charge is 2.14. The highest BCUT2D eigenvalue weighted by atomic mass is 127. The standard InChI is InChI=1S/C9H7IN2OS/c1-12-3-2-11-9(12)8(13)6-4-7(10)14-5-6/h2-5H,1H3. The molecule has 0 aromatic carbocycles. The predicted molar refractivity (Wildman–Crippen MR) is 63.7 cm³/mol. The number of aromatic nitrogens is 2. The quantitative estimate of drug-likeness (QED) is 0.629. The van der Waals surface area contributed by atoms with Gasteiger partial charge in [0, 0.05) is 30.4 Å². The average molecular weight is 318 g/mol. The maximum Gasteiger partial charge on any atom is 0.229 e. The van der Waals surface area contributed by atoms with Gasteiger partial charge < -0.3 is 4.57 Å². The van der Waals surface area contributed by atoms with Gasteiger partial charge >= 0.3 is 0 Å². The van der Waals surface area contributed by atoms with Gasteiger partial charge in [0.2, 0.25) is 5.78 Å². The minimum Gasteiger partial charge on any atom is -0.331 e. The van der Waals surface area contributed by atoms with E-state index in [1.807, 2.05) is 18.5 Å². The molecule has 0 radical (unpaired) electrons. The van der Waals surface area contributed by atoms with Gasteiger partial charge in [0.25, 0.3) is 0 Å². The molecule has 0 N–H and O–H groups in total. The van der Waals surface area contributed by atoms with Gasteiger partial charge in [-0.15, -0.1) is 11.3 Å². The Morgan fingerprint density at radius 2 is 2.43 bits per heavy atom. The van der Waals surface area contributed by atoms with Crippen molar-refractivity contribution < 1.29 is 4.79 Å². The smallest absolute Gasteiger partial charge is 0.229 e. The Labute approximate surface area is 98.9 Å². The largest absolute Gasteiger partial charge is 0.331 e. The predicted octanol–water partition coefficient (Wildman–Crippen LogP) is 2.32. The first-order valence-corrected chi connectivity index (χ1v) is 5.90. The van der Waals surface area contributed by atoms with Crippen molar-refractivity contribution in [2.75, 3.05) is 0 Å². The zero-order valence-electron chi connectivity index (χ0n) is 7.40. The van der Waals surface area contributed by atoms with Crippen LogP contribution < -0.4 is 0 Å². The summed E-state index contributed by atoms with van der Waals surface area (Å²) in [6.07, 6.45) is 3.40. The molecule has 0 atom stereocenters. The minimum atomic E-state index is -0.0170. The zero-order valence-corrected chi connectivity index (χ0v) is 10.4. The van der Waals surface area contributed by atoms with E-state index in [1.165, 1.54) is 0 Å². The second-order valence-electron chi connectivity index (χ2n) is 2.83. The van der Waals surface area contributed by atoms with Gasteiger partial charge in [0.1, 0.15) is 0 Å².